The number of fused-ring (bicyclic) bond motifs is 1. The zero-order valence-corrected chi connectivity index (χ0v) is 11.4. The summed E-state index contributed by atoms with van der Waals surface area (Å²) in [7, 11) is 0. The van der Waals surface area contributed by atoms with E-state index in [1.54, 1.807) is 0 Å². The molecular weight excluding hydrogens is 218 g/mol. The molecule has 0 bridgehead atoms. The second kappa shape index (κ2) is 6.55. The minimum absolute atomic E-state index is 0.593. The first-order valence-electron chi connectivity index (χ1n) is 7.05. The molecule has 1 heteroatoms. The van der Waals surface area contributed by atoms with E-state index < -0.39 is 0 Å². The van der Waals surface area contributed by atoms with Gasteiger partial charge in [-0.1, -0.05) is 56.3 Å². The quantitative estimate of drug-likeness (QED) is 0.800. The molecule has 0 heterocycles. The SMILES string of the molecule is CCCNC(CC)Cc1cccc2ccccc12. The van der Waals surface area contributed by atoms with E-state index in [1.807, 2.05) is 0 Å². The Bertz CT molecular complexity index is 484. The summed E-state index contributed by atoms with van der Waals surface area (Å²) in [6, 6.07) is 15.9. The summed E-state index contributed by atoms with van der Waals surface area (Å²) in [5.41, 5.74) is 1.46. The molecule has 96 valence electrons. The van der Waals surface area contributed by atoms with Crippen LogP contribution in [0.5, 0.6) is 0 Å². The lowest BCUT2D eigenvalue weighted by atomic mass is 9.97. The molecular formula is C17H23N. The van der Waals surface area contributed by atoms with E-state index in [9.17, 15) is 0 Å². The Morgan fingerprint density at radius 3 is 2.56 bits per heavy atom. The molecule has 1 nitrogen and oxygen atoms in total. The van der Waals surface area contributed by atoms with Gasteiger partial charge in [0.25, 0.3) is 0 Å². The summed E-state index contributed by atoms with van der Waals surface area (Å²) in [5.74, 6) is 0. The highest BCUT2D eigenvalue weighted by Crippen LogP contribution is 2.20. The van der Waals surface area contributed by atoms with Crippen molar-refractivity contribution in [3.05, 3.63) is 48.0 Å². The molecule has 0 aliphatic heterocycles. The Labute approximate surface area is 110 Å². The molecule has 0 saturated carbocycles. The maximum atomic E-state index is 3.63. The van der Waals surface area contributed by atoms with Crippen molar-refractivity contribution >= 4 is 10.8 Å². The van der Waals surface area contributed by atoms with Crippen molar-refractivity contribution < 1.29 is 0 Å². The predicted octanol–water partition coefficient (Wildman–Crippen LogP) is 4.16. The van der Waals surface area contributed by atoms with Gasteiger partial charge in [0, 0.05) is 6.04 Å². The van der Waals surface area contributed by atoms with Gasteiger partial charge >= 0.3 is 0 Å². The molecule has 2 rings (SSSR count). The van der Waals surface area contributed by atoms with Crippen LogP contribution in [0.4, 0.5) is 0 Å². The van der Waals surface area contributed by atoms with Gasteiger partial charge < -0.3 is 5.32 Å². The van der Waals surface area contributed by atoms with Crippen LogP contribution in [-0.4, -0.2) is 12.6 Å². The Balaban J connectivity index is 2.19. The molecule has 0 radical (unpaired) electrons. The van der Waals surface area contributed by atoms with E-state index in [2.05, 4.69) is 61.6 Å². The van der Waals surface area contributed by atoms with Crippen molar-refractivity contribution in [3.63, 3.8) is 0 Å². The number of hydrogen-bond acceptors (Lipinski definition) is 1. The monoisotopic (exact) mass is 241 g/mol. The van der Waals surface area contributed by atoms with E-state index in [-0.39, 0.29) is 0 Å². The van der Waals surface area contributed by atoms with Crippen LogP contribution in [0.2, 0.25) is 0 Å². The van der Waals surface area contributed by atoms with Gasteiger partial charge in [0.05, 0.1) is 0 Å². The molecule has 0 spiro atoms. The Morgan fingerprint density at radius 1 is 1.00 bits per heavy atom. The Hall–Kier alpha value is -1.34. The van der Waals surface area contributed by atoms with Crippen LogP contribution in [0.25, 0.3) is 10.8 Å². The van der Waals surface area contributed by atoms with Gasteiger partial charge in [-0.3, -0.25) is 0 Å². The van der Waals surface area contributed by atoms with Crippen LogP contribution in [0, 0.1) is 0 Å². The molecule has 2 aromatic carbocycles. The highest BCUT2D eigenvalue weighted by atomic mass is 14.9. The molecule has 0 saturated heterocycles. The average Bonchev–Trinajstić information content (AvgIpc) is 2.43. The van der Waals surface area contributed by atoms with Gasteiger partial charge in [-0.2, -0.15) is 0 Å². The summed E-state index contributed by atoms with van der Waals surface area (Å²) in [6.07, 6.45) is 3.51. The van der Waals surface area contributed by atoms with Gasteiger partial charge in [0.15, 0.2) is 0 Å². The lowest BCUT2D eigenvalue weighted by Crippen LogP contribution is -2.31. The predicted molar refractivity (Wildman–Crippen MR) is 80.0 cm³/mol. The van der Waals surface area contributed by atoms with Gasteiger partial charge in [-0.25, -0.2) is 0 Å². The first-order chi connectivity index (χ1) is 8.85. The lowest BCUT2D eigenvalue weighted by molar-refractivity contribution is 0.496. The van der Waals surface area contributed by atoms with Gasteiger partial charge in [-0.15, -0.1) is 0 Å². The van der Waals surface area contributed by atoms with E-state index in [1.165, 1.54) is 29.2 Å². The molecule has 1 unspecified atom stereocenters. The fourth-order valence-corrected chi connectivity index (χ4v) is 2.45. The van der Waals surface area contributed by atoms with Crippen LogP contribution in [-0.2, 0) is 6.42 Å². The maximum absolute atomic E-state index is 3.63. The summed E-state index contributed by atoms with van der Waals surface area (Å²) in [6.45, 7) is 5.60. The highest BCUT2D eigenvalue weighted by Gasteiger charge is 2.08. The van der Waals surface area contributed by atoms with Crippen LogP contribution in [0.3, 0.4) is 0 Å². The fourth-order valence-electron chi connectivity index (χ4n) is 2.45. The summed E-state index contributed by atoms with van der Waals surface area (Å²) in [5, 5.41) is 6.38. The zero-order valence-electron chi connectivity index (χ0n) is 11.4. The van der Waals surface area contributed by atoms with Crippen LogP contribution in [0.1, 0.15) is 32.3 Å². The molecule has 0 amide bonds. The molecule has 2 aromatic rings. The minimum atomic E-state index is 0.593. The summed E-state index contributed by atoms with van der Waals surface area (Å²) >= 11 is 0. The van der Waals surface area contributed by atoms with Crippen LogP contribution in [0.15, 0.2) is 42.5 Å². The molecule has 1 N–H and O–H groups in total. The normalized spacial score (nSPS) is 12.8. The highest BCUT2D eigenvalue weighted by molar-refractivity contribution is 5.85. The molecule has 0 aromatic heterocycles. The van der Waals surface area contributed by atoms with E-state index in [4.69, 9.17) is 0 Å². The van der Waals surface area contributed by atoms with Crippen molar-refractivity contribution in [2.24, 2.45) is 0 Å². The number of hydrogen-bond donors (Lipinski definition) is 1. The van der Waals surface area contributed by atoms with Crippen molar-refractivity contribution in [1.82, 2.24) is 5.32 Å². The fraction of sp³-hybridized carbons (Fsp3) is 0.412. The largest absolute Gasteiger partial charge is 0.314 e. The number of benzene rings is 2. The maximum Gasteiger partial charge on any atom is 0.0105 e. The van der Waals surface area contributed by atoms with Gasteiger partial charge in [-0.05, 0) is 42.1 Å². The molecule has 0 aliphatic carbocycles. The third kappa shape index (κ3) is 3.11. The zero-order chi connectivity index (χ0) is 12.8. The van der Waals surface area contributed by atoms with Crippen LogP contribution >= 0.6 is 0 Å². The van der Waals surface area contributed by atoms with Crippen molar-refractivity contribution in [2.75, 3.05) is 6.54 Å². The summed E-state index contributed by atoms with van der Waals surface area (Å²) in [4.78, 5) is 0. The van der Waals surface area contributed by atoms with E-state index in [0.717, 1.165) is 13.0 Å². The lowest BCUT2D eigenvalue weighted by Gasteiger charge is -2.17. The average molecular weight is 241 g/mol. The minimum Gasteiger partial charge on any atom is -0.314 e. The van der Waals surface area contributed by atoms with Crippen molar-refractivity contribution in [3.8, 4) is 0 Å². The Morgan fingerprint density at radius 2 is 1.78 bits per heavy atom. The number of rotatable bonds is 6. The van der Waals surface area contributed by atoms with Gasteiger partial charge in [0.2, 0.25) is 0 Å². The molecule has 0 fully saturated rings. The standard InChI is InChI=1S/C17H23N/c1-3-12-18-16(4-2)13-15-10-7-9-14-8-5-6-11-17(14)15/h5-11,16,18H,3-4,12-13H2,1-2H3. The van der Waals surface area contributed by atoms with Gasteiger partial charge in [0.1, 0.15) is 0 Å². The second-order valence-electron chi connectivity index (χ2n) is 4.90. The second-order valence-corrected chi connectivity index (χ2v) is 4.90. The first kappa shape index (κ1) is 13.1. The third-order valence-electron chi connectivity index (χ3n) is 3.52. The molecule has 0 aliphatic rings. The third-order valence-corrected chi connectivity index (χ3v) is 3.52. The molecule has 1 atom stereocenters. The van der Waals surface area contributed by atoms with Crippen molar-refractivity contribution in [1.29, 1.82) is 0 Å². The summed E-state index contributed by atoms with van der Waals surface area (Å²) < 4.78 is 0. The molecule has 18 heavy (non-hydrogen) atoms. The van der Waals surface area contributed by atoms with Crippen molar-refractivity contribution in [2.45, 2.75) is 39.2 Å². The van der Waals surface area contributed by atoms with Crippen LogP contribution < -0.4 is 5.32 Å². The smallest absolute Gasteiger partial charge is 0.0105 e. The van der Waals surface area contributed by atoms with E-state index >= 15 is 0 Å². The van der Waals surface area contributed by atoms with E-state index in [0.29, 0.717) is 6.04 Å². The number of nitrogens with one attached hydrogen (secondary N) is 1. The first-order valence-corrected chi connectivity index (χ1v) is 7.05. The Kier molecular flexibility index (Phi) is 4.77. The topological polar surface area (TPSA) is 12.0 Å².